The molecule has 1 fully saturated rings. The number of likely N-dealkylation sites (tertiary alicyclic amines) is 1. The topological polar surface area (TPSA) is 40.5 Å². The van der Waals surface area contributed by atoms with E-state index in [1.54, 1.807) is 4.90 Å². The van der Waals surface area contributed by atoms with Gasteiger partial charge in [0.25, 0.3) is 5.91 Å². The summed E-state index contributed by atoms with van der Waals surface area (Å²) in [5, 5.41) is 9.19. The molecule has 2 rings (SSSR count). The van der Waals surface area contributed by atoms with Crippen molar-refractivity contribution in [1.82, 2.24) is 4.90 Å². The number of carbonyl (C=O) groups excluding carboxylic acids is 1. The van der Waals surface area contributed by atoms with Crippen LogP contribution in [0.1, 0.15) is 23.2 Å². The molecular weight excluding hydrogens is 336 g/mol. The SMILES string of the molecule is O=C(c1ccc(F)cc1I)N1CCC[C@H]1CO. The van der Waals surface area contributed by atoms with Crippen LogP contribution in [0, 0.1) is 9.39 Å². The summed E-state index contributed by atoms with van der Waals surface area (Å²) in [5.74, 6) is -0.461. The maximum Gasteiger partial charge on any atom is 0.255 e. The molecule has 3 nitrogen and oxygen atoms in total. The molecule has 0 aromatic heterocycles. The molecule has 1 N–H and O–H groups in total. The van der Waals surface area contributed by atoms with Gasteiger partial charge < -0.3 is 10.0 Å². The summed E-state index contributed by atoms with van der Waals surface area (Å²) in [4.78, 5) is 13.9. The average molecular weight is 349 g/mol. The van der Waals surface area contributed by atoms with Gasteiger partial charge in [0.1, 0.15) is 5.82 Å². The fourth-order valence-corrected chi connectivity index (χ4v) is 2.82. The molecule has 92 valence electrons. The van der Waals surface area contributed by atoms with E-state index in [1.807, 2.05) is 22.6 Å². The fraction of sp³-hybridized carbons (Fsp3) is 0.417. The normalized spacial score (nSPS) is 19.7. The predicted molar refractivity (Wildman–Crippen MR) is 70.3 cm³/mol. The van der Waals surface area contributed by atoms with E-state index < -0.39 is 0 Å². The van der Waals surface area contributed by atoms with E-state index in [9.17, 15) is 14.3 Å². The highest BCUT2D eigenvalue weighted by Crippen LogP contribution is 2.22. The van der Waals surface area contributed by atoms with Crippen molar-refractivity contribution in [1.29, 1.82) is 0 Å². The van der Waals surface area contributed by atoms with E-state index in [-0.39, 0.29) is 24.4 Å². The molecule has 1 aliphatic rings. The van der Waals surface area contributed by atoms with Crippen LogP contribution in [-0.4, -0.2) is 35.1 Å². The summed E-state index contributed by atoms with van der Waals surface area (Å²) in [6, 6.07) is 4.05. The van der Waals surface area contributed by atoms with Crippen LogP contribution >= 0.6 is 22.6 Å². The van der Waals surface area contributed by atoms with Gasteiger partial charge in [0, 0.05) is 10.1 Å². The first-order valence-corrected chi connectivity index (χ1v) is 6.58. The molecule has 1 aromatic rings. The van der Waals surface area contributed by atoms with E-state index in [0.717, 1.165) is 12.8 Å². The number of aliphatic hydroxyl groups is 1. The van der Waals surface area contributed by atoms with Gasteiger partial charge in [0.2, 0.25) is 0 Å². The Morgan fingerprint density at radius 1 is 1.59 bits per heavy atom. The smallest absolute Gasteiger partial charge is 0.255 e. The lowest BCUT2D eigenvalue weighted by molar-refractivity contribution is 0.0676. The minimum absolute atomic E-state index is 0.0104. The predicted octanol–water partition coefficient (Wildman–Crippen LogP) is 2.03. The number of hydrogen-bond donors (Lipinski definition) is 1. The number of benzene rings is 1. The summed E-state index contributed by atoms with van der Waals surface area (Å²) in [5.41, 5.74) is 0.507. The van der Waals surface area contributed by atoms with E-state index >= 15 is 0 Å². The second-order valence-corrected chi connectivity index (χ2v) is 5.26. The zero-order chi connectivity index (χ0) is 12.4. The molecule has 1 aromatic carbocycles. The highest BCUT2D eigenvalue weighted by molar-refractivity contribution is 14.1. The number of carbonyl (C=O) groups is 1. The van der Waals surface area contributed by atoms with Crippen molar-refractivity contribution in [3.05, 3.63) is 33.1 Å². The van der Waals surface area contributed by atoms with Gasteiger partial charge >= 0.3 is 0 Å². The molecule has 0 unspecified atom stereocenters. The third-order valence-corrected chi connectivity index (χ3v) is 3.90. The molecule has 1 aliphatic heterocycles. The summed E-state index contributed by atoms with van der Waals surface area (Å²) >= 11 is 1.96. The van der Waals surface area contributed by atoms with Gasteiger partial charge in [-0.3, -0.25) is 4.79 Å². The number of amides is 1. The fourth-order valence-electron chi connectivity index (χ4n) is 2.11. The minimum Gasteiger partial charge on any atom is -0.394 e. The Kier molecular flexibility index (Phi) is 3.98. The van der Waals surface area contributed by atoms with Gasteiger partial charge in [-0.25, -0.2) is 4.39 Å². The Morgan fingerprint density at radius 2 is 2.35 bits per heavy atom. The van der Waals surface area contributed by atoms with Crippen LogP contribution in [-0.2, 0) is 0 Å². The number of aliphatic hydroxyl groups excluding tert-OH is 1. The Labute approximate surface area is 113 Å². The van der Waals surface area contributed by atoms with Crippen LogP contribution in [0.15, 0.2) is 18.2 Å². The second-order valence-electron chi connectivity index (χ2n) is 4.10. The summed E-state index contributed by atoms with van der Waals surface area (Å²) < 4.78 is 13.6. The molecule has 1 saturated heterocycles. The van der Waals surface area contributed by atoms with Gasteiger partial charge in [-0.05, 0) is 53.6 Å². The van der Waals surface area contributed by atoms with Gasteiger partial charge in [-0.1, -0.05) is 0 Å². The number of rotatable bonds is 2. The van der Waals surface area contributed by atoms with Crippen LogP contribution in [0.2, 0.25) is 0 Å². The van der Waals surface area contributed by atoms with Crippen LogP contribution < -0.4 is 0 Å². The van der Waals surface area contributed by atoms with E-state index in [4.69, 9.17) is 0 Å². The molecule has 0 spiro atoms. The molecule has 1 amide bonds. The Morgan fingerprint density at radius 3 is 3.00 bits per heavy atom. The third kappa shape index (κ3) is 2.60. The number of nitrogens with zero attached hydrogens (tertiary/aromatic N) is 1. The second kappa shape index (κ2) is 5.30. The minimum atomic E-state index is -0.342. The van der Waals surface area contributed by atoms with Crippen molar-refractivity contribution in [2.24, 2.45) is 0 Å². The molecule has 0 bridgehead atoms. The van der Waals surface area contributed by atoms with Gasteiger partial charge in [0.15, 0.2) is 0 Å². The molecule has 0 saturated carbocycles. The highest BCUT2D eigenvalue weighted by Gasteiger charge is 2.29. The van der Waals surface area contributed by atoms with E-state index in [2.05, 4.69) is 0 Å². The quantitative estimate of drug-likeness (QED) is 0.831. The van der Waals surface area contributed by atoms with E-state index in [0.29, 0.717) is 15.7 Å². The zero-order valence-electron chi connectivity index (χ0n) is 9.20. The molecule has 1 heterocycles. The maximum atomic E-state index is 13.0. The molecule has 17 heavy (non-hydrogen) atoms. The first-order valence-electron chi connectivity index (χ1n) is 5.50. The van der Waals surface area contributed by atoms with Gasteiger partial charge in [-0.15, -0.1) is 0 Å². The lowest BCUT2D eigenvalue weighted by Crippen LogP contribution is -2.38. The molecule has 0 aliphatic carbocycles. The third-order valence-electron chi connectivity index (χ3n) is 3.01. The van der Waals surface area contributed by atoms with Crippen molar-refractivity contribution >= 4 is 28.5 Å². The summed E-state index contributed by atoms with van der Waals surface area (Å²) in [6.45, 7) is 0.654. The van der Waals surface area contributed by atoms with E-state index in [1.165, 1.54) is 18.2 Å². The Hall–Kier alpha value is -0.690. The van der Waals surface area contributed by atoms with Crippen molar-refractivity contribution in [3.63, 3.8) is 0 Å². The van der Waals surface area contributed by atoms with Crippen molar-refractivity contribution < 1.29 is 14.3 Å². The van der Waals surface area contributed by atoms with Gasteiger partial charge in [-0.2, -0.15) is 0 Å². The van der Waals surface area contributed by atoms with Crippen LogP contribution in [0.4, 0.5) is 4.39 Å². The van der Waals surface area contributed by atoms with Crippen LogP contribution in [0.25, 0.3) is 0 Å². The average Bonchev–Trinajstić information content (AvgIpc) is 2.76. The lowest BCUT2D eigenvalue weighted by atomic mass is 10.1. The molecule has 1 atom stereocenters. The first-order chi connectivity index (χ1) is 8.13. The molecule has 5 heteroatoms. The Balaban J connectivity index is 2.24. The monoisotopic (exact) mass is 349 g/mol. The largest absolute Gasteiger partial charge is 0.394 e. The number of hydrogen-bond acceptors (Lipinski definition) is 2. The summed E-state index contributed by atoms with van der Waals surface area (Å²) in [6.07, 6.45) is 1.74. The Bertz CT molecular complexity index is 439. The first kappa shape index (κ1) is 12.8. The van der Waals surface area contributed by atoms with Crippen molar-refractivity contribution in [3.8, 4) is 0 Å². The van der Waals surface area contributed by atoms with Gasteiger partial charge in [0.05, 0.1) is 18.2 Å². The van der Waals surface area contributed by atoms with Crippen LogP contribution in [0.3, 0.4) is 0 Å². The lowest BCUT2D eigenvalue weighted by Gasteiger charge is -2.23. The standard InChI is InChI=1S/C12H13FINO2/c13-8-3-4-10(11(14)6-8)12(17)15-5-1-2-9(15)7-16/h3-4,6,9,16H,1-2,5,7H2/t9-/m0/s1. The summed E-state index contributed by atoms with van der Waals surface area (Å²) in [7, 11) is 0. The molecular formula is C12H13FINO2. The molecule has 0 radical (unpaired) electrons. The maximum absolute atomic E-state index is 13.0. The highest BCUT2D eigenvalue weighted by atomic mass is 127. The van der Waals surface area contributed by atoms with Crippen molar-refractivity contribution in [2.75, 3.05) is 13.2 Å². The van der Waals surface area contributed by atoms with Crippen LogP contribution in [0.5, 0.6) is 0 Å². The zero-order valence-corrected chi connectivity index (χ0v) is 11.4. The number of halogens is 2. The van der Waals surface area contributed by atoms with Crippen molar-refractivity contribution in [2.45, 2.75) is 18.9 Å².